The van der Waals surface area contributed by atoms with Crippen molar-refractivity contribution in [1.82, 2.24) is 10.2 Å². The number of urea groups is 1. The Kier molecular flexibility index (Phi) is 7.20. The van der Waals surface area contributed by atoms with E-state index in [1.165, 1.54) is 5.56 Å². The van der Waals surface area contributed by atoms with Gasteiger partial charge in [0.25, 0.3) is 0 Å². The van der Waals surface area contributed by atoms with Gasteiger partial charge in [0, 0.05) is 30.3 Å². The molecule has 1 heterocycles. The summed E-state index contributed by atoms with van der Waals surface area (Å²) in [5.74, 6) is 2.21. The molecular weight excluding hydrogens is 382 g/mol. The van der Waals surface area contributed by atoms with Crippen molar-refractivity contribution < 1.29 is 9.59 Å². The van der Waals surface area contributed by atoms with Crippen molar-refractivity contribution >= 4 is 29.4 Å². The summed E-state index contributed by atoms with van der Waals surface area (Å²) in [5.41, 5.74) is 5.12. The first kappa shape index (κ1) is 21.2. The highest BCUT2D eigenvalue weighted by Crippen LogP contribution is 2.19. The van der Waals surface area contributed by atoms with E-state index in [0.717, 1.165) is 41.3 Å². The molecule has 2 aromatic carbocycles. The zero-order valence-corrected chi connectivity index (χ0v) is 18.1. The van der Waals surface area contributed by atoms with E-state index in [-0.39, 0.29) is 18.0 Å². The van der Waals surface area contributed by atoms with E-state index >= 15 is 0 Å². The second-order valence-corrected chi connectivity index (χ2v) is 8.77. The highest BCUT2D eigenvalue weighted by atomic mass is 32.2. The number of benzene rings is 2. The average molecular weight is 412 g/mol. The predicted molar refractivity (Wildman–Crippen MR) is 121 cm³/mol. The maximum absolute atomic E-state index is 12.4. The number of carbonyl (C=O) groups excluding carboxylic acids is 2. The molecule has 5 nitrogen and oxygen atoms in total. The van der Waals surface area contributed by atoms with Gasteiger partial charge in [-0.25, -0.2) is 4.79 Å². The number of aryl methyl sites for hydroxylation is 2. The van der Waals surface area contributed by atoms with Crippen molar-refractivity contribution in [2.45, 2.75) is 33.2 Å². The van der Waals surface area contributed by atoms with Crippen molar-refractivity contribution in [3.63, 3.8) is 0 Å². The number of rotatable bonds is 5. The van der Waals surface area contributed by atoms with Gasteiger partial charge >= 0.3 is 6.03 Å². The number of hydrogen-bond donors (Lipinski definition) is 2. The lowest BCUT2D eigenvalue weighted by Gasteiger charge is -2.26. The number of thioether (sulfide) groups is 1. The molecule has 154 valence electrons. The Balaban J connectivity index is 1.53. The highest BCUT2D eigenvalue weighted by molar-refractivity contribution is 7.99. The minimum atomic E-state index is -0.243. The van der Waals surface area contributed by atoms with Crippen LogP contribution in [0.15, 0.2) is 42.5 Å². The fourth-order valence-electron chi connectivity index (χ4n) is 3.47. The first-order chi connectivity index (χ1) is 13.9. The van der Waals surface area contributed by atoms with Gasteiger partial charge < -0.3 is 15.5 Å². The normalized spacial score (nSPS) is 14.9. The summed E-state index contributed by atoms with van der Waals surface area (Å²) in [4.78, 5) is 26.7. The van der Waals surface area contributed by atoms with Crippen LogP contribution in [0.4, 0.5) is 10.5 Å². The molecule has 1 saturated heterocycles. The first-order valence-electron chi connectivity index (χ1n) is 10.0. The topological polar surface area (TPSA) is 61.4 Å². The predicted octanol–water partition coefficient (Wildman–Crippen LogP) is 4.30. The largest absolute Gasteiger partial charge is 0.341 e. The number of anilines is 1. The second kappa shape index (κ2) is 9.83. The summed E-state index contributed by atoms with van der Waals surface area (Å²) in [6.45, 7) is 7.75. The molecule has 2 aromatic rings. The molecule has 0 bridgehead atoms. The highest BCUT2D eigenvalue weighted by Gasteiger charge is 2.17. The van der Waals surface area contributed by atoms with Gasteiger partial charge in [0.15, 0.2) is 0 Å². The summed E-state index contributed by atoms with van der Waals surface area (Å²) in [5, 5.41) is 5.86. The lowest BCUT2D eigenvalue weighted by Crippen LogP contribution is -2.38. The Morgan fingerprint density at radius 1 is 1.07 bits per heavy atom. The van der Waals surface area contributed by atoms with Crippen LogP contribution >= 0.6 is 11.8 Å². The van der Waals surface area contributed by atoms with Crippen LogP contribution < -0.4 is 10.6 Å². The molecule has 0 spiro atoms. The summed E-state index contributed by atoms with van der Waals surface area (Å²) in [7, 11) is 0. The molecule has 1 unspecified atom stereocenters. The number of amides is 3. The third kappa shape index (κ3) is 6.00. The monoisotopic (exact) mass is 411 g/mol. The molecule has 1 fully saturated rings. The van der Waals surface area contributed by atoms with E-state index in [2.05, 4.69) is 28.8 Å². The van der Waals surface area contributed by atoms with E-state index in [4.69, 9.17) is 0 Å². The minimum absolute atomic E-state index is 0.0884. The smallest absolute Gasteiger partial charge is 0.319 e. The van der Waals surface area contributed by atoms with Gasteiger partial charge in [-0.1, -0.05) is 35.9 Å². The van der Waals surface area contributed by atoms with E-state index in [1.807, 2.05) is 61.7 Å². The SMILES string of the molecule is Cc1ccc(C)c(C(C)NC(=O)Nc2ccc(CC(=O)N3CCSCC3)cc2)c1. The average Bonchev–Trinajstić information content (AvgIpc) is 2.71. The molecule has 0 aliphatic carbocycles. The van der Waals surface area contributed by atoms with Crippen molar-refractivity contribution in [1.29, 1.82) is 0 Å². The van der Waals surface area contributed by atoms with Crippen LogP contribution in [0.5, 0.6) is 0 Å². The first-order valence-corrected chi connectivity index (χ1v) is 11.2. The van der Waals surface area contributed by atoms with Gasteiger partial charge in [-0.05, 0) is 49.6 Å². The lowest BCUT2D eigenvalue weighted by atomic mass is 10.0. The summed E-state index contributed by atoms with van der Waals surface area (Å²) in [6, 6.07) is 13.4. The zero-order chi connectivity index (χ0) is 20.8. The van der Waals surface area contributed by atoms with E-state index in [9.17, 15) is 9.59 Å². The van der Waals surface area contributed by atoms with Crippen molar-refractivity contribution in [3.05, 3.63) is 64.7 Å². The van der Waals surface area contributed by atoms with E-state index in [0.29, 0.717) is 12.1 Å². The quantitative estimate of drug-likeness (QED) is 0.771. The van der Waals surface area contributed by atoms with Crippen molar-refractivity contribution in [2.75, 3.05) is 29.9 Å². The minimum Gasteiger partial charge on any atom is -0.341 e. The van der Waals surface area contributed by atoms with E-state index < -0.39 is 0 Å². The van der Waals surface area contributed by atoms with Gasteiger partial charge in [0.05, 0.1) is 12.5 Å². The number of nitrogens with one attached hydrogen (secondary N) is 2. The molecular formula is C23H29N3O2S. The number of nitrogens with zero attached hydrogens (tertiary/aromatic N) is 1. The van der Waals surface area contributed by atoms with Gasteiger partial charge in [-0.2, -0.15) is 11.8 Å². The maximum Gasteiger partial charge on any atom is 0.319 e. The van der Waals surface area contributed by atoms with Gasteiger partial charge in [-0.15, -0.1) is 0 Å². The lowest BCUT2D eigenvalue weighted by molar-refractivity contribution is -0.130. The fourth-order valence-corrected chi connectivity index (χ4v) is 4.38. The molecule has 1 aliphatic rings. The molecule has 0 aromatic heterocycles. The number of hydrogen-bond acceptors (Lipinski definition) is 3. The molecule has 0 saturated carbocycles. The Hall–Kier alpha value is -2.47. The van der Waals surface area contributed by atoms with Gasteiger partial charge in [0.2, 0.25) is 5.91 Å². The Labute approximate surface area is 177 Å². The van der Waals surface area contributed by atoms with Crippen LogP contribution in [0.25, 0.3) is 0 Å². The summed E-state index contributed by atoms with van der Waals surface area (Å²) >= 11 is 1.89. The Morgan fingerprint density at radius 2 is 1.76 bits per heavy atom. The van der Waals surface area contributed by atoms with Crippen molar-refractivity contribution in [3.8, 4) is 0 Å². The van der Waals surface area contributed by atoms with Crippen LogP contribution in [-0.2, 0) is 11.2 Å². The second-order valence-electron chi connectivity index (χ2n) is 7.55. The maximum atomic E-state index is 12.4. The van der Waals surface area contributed by atoms with E-state index in [1.54, 1.807) is 0 Å². The van der Waals surface area contributed by atoms with Crippen LogP contribution in [0.2, 0.25) is 0 Å². The third-order valence-corrected chi connectivity index (χ3v) is 6.12. The Bertz CT molecular complexity index is 861. The van der Waals surface area contributed by atoms with Crippen LogP contribution in [0.1, 0.15) is 35.2 Å². The summed E-state index contributed by atoms with van der Waals surface area (Å²) in [6.07, 6.45) is 0.404. The van der Waals surface area contributed by atoms with Crippen molar-refractivity contribution in [2.24, 2.45) is 0 Å². The number of carbonyl (C=O) groups is 2. The third-order valence-electron chi connectivity index (χ3n) is 5.18. The van der Waals surface area contributed by atoms with Crippen LogP contribution in [-0.4, -0.2) is 41.4 Å². The van der Waals surface area contributed by atoms with Gasteiger partial charge in [0.1, 0.15) is 0 Å². The molecule has 0 radical (unpaired) electrons. The Morgan fingerprint density at radius 3 is 2.45 bits per heavy atom. The molecule has 1 aliphatic heterocycles. The molecule has 6 heteroatoms. The molecule has 29 heavy (non-hydrogen) atoms. The summed E-state index contributed by atoms with van der Waals surface area (Å²) < 4.78 is 0. The standard InChI is InChI=1S/C23H29N3O2S/c1-16-4-5-17(2)21(14-16)18(3)24-23(28)25-20-8-6-19(7-9-20)15-22(27)26-10-12-29-13-11-26/h4-9,14,18H,10-13,15H2,1-3H3,(H2,24,25,28). The van der Waals surface area contributed by atoms with Crippen LogP contribution in [0.3, 0.4) is 0 Å². The molecule has 2 N–H and O–H groups in total. The zero-order valence-electron chi connectivity index (χ0n) is 17.3. The molecule has 3 rings (SSSR count). The molecule has 1 atom stereocenters. The molecule has 3 amide bonds. The fraction of sp³-hybridized carbons (Fsp3) is 0.391. The van der Waals surface area contributed by atoms with Crippen LogP contribution in [0, 0.1) is 13.8 Å². The van der Waals surface area contributed by atoms with Gasteiger partial charge in [-0.3, -0.25) is 4.79 Å².